The Morgan fingerprint density at radius 1 is 1.14 bits per heavy atom. The number of nitrogens with zero attached hydrogens (tertiary/aromatic N) is 5. The fraction of sp³-hybridized carbons (Fsp3) is 0.500. The first kappa shape index (κ1) is 14.2. The summed E-state index contributed by atoms with van der Waals surface area (Å²) in [7, 11) is 2.06. The Morgan fingerprint density at radius 2 is 2.05 bits per heavy atom. The standard InChI is InChI=1S/C16H23N5/c1-14-11-20(12-15-5-3-4-6-17-15)9-10-21(14)13-16-18-7-8-19(16)2/h3-8,14H,9-13H2,1-2H3/t14-/m0/s1. The Morgan fingerprint density at radius 3 is 2.71 bits per heavy atom. The third-order valence-electron chi connectivity index (χ3n) is 4.23. The molecule has 2 aromatic rings. The fourth-order valence-electron chi connectivity index (χ4n) is 2.90. The molecule has 1 fully saturated rings. The molecule has 0 spiro atoms. The number of aryl methyl sites for hydroxylation is 1. The number of hydrogen-bond acceptors (Lipinski definition) is 4. The highest BCUT2D eigenvalue weighted by Gasteiger charge is 2.24. The Kier molecular flexibility index (Phi) is 4.31. The van der Waals surface area contributed by atoms with Gasteiger partial charge >= 0.3 is 0 Å². The van der Waals surface area contributed by atoms with Gasteiger partial charge in [0.05, 0.1) is 12.2 Å². The molecule has 112 valence electrons. The second-order valence-electron chi connectivity index (χ2n) is 5.83. The minimum absolute atomic E-state index is 0.541. The van der Waals surface area contributed by atoms with E-state index in [-0.39, 0.29) is 0 Å². The van der Waals surface area contributed by atoms with Crippen molar-refractivity contribution in [2.45, 2.75) is 26.1 Å². The summed E-state index contributed by atoms with van der Waals surface area (Å²) in [5.74, 6) is 1.14. The lowest BCUT2D eigenvalue weighted by Crippen LogP contribution is -2.51. The number of imidazole rings is 1. The molecule has 1 atom stereocenters. The van der Waals surface area contributed by atoms with E-state index < -0.39 is 0 Å². The van der Waals surface area contributed by atoms with E-state index in [1.807, 2.05) is 24.7 Å². The van der Waals surface area contributed by atoms with E-state index >= 15 is 0 Å². The van der Waals surface area contributed by atoms with Gasteiger partial charge in [0.1, 0.15) is 5.82 Å². The van der Waals surface area contributed by atoms with Crippen LogP contribution in [-0.4, -0.2) is 50.0 Å². The van der Waals surface area contributed by atoms with Crippen LogP contribution < -0.4 is 0 Å². The van der Waals surface area contributed by atoms with Crippen molar-refractivity contribution >= 4 is 0 Å². The molecule has 1 aliphatic rings. The molecule has 2 aromatic heterocycles. The third kappa shape index (κ3) is 3.49. The van der Waals surface area contributed by atoms with E-state index in [9.17, 15) is 0 Å². The van der Waals surface area contributed by atoms with Gasteiger partial charge in [-0.3, -0.25) is 14.8 Å². The molecular weight excluding hydrogens is 262 g/mol. The first-order valence-corrected chi connectivity index (χ1v) is 7.55. The quantitative estimate of drug-likeness (QED) is 0.853. The second-order valence-corrected chi connectivity index (χ2v) is 5.83. The molecule has 5 nitrogen and oxygen atoms in total. The van der Waals surface area contributed by atoms with Crippen molar-refractivity contribution in [1.29, 1.82) is 0 Å². The van der Waals surface area contributed by atoms with Crippen LogP contribution in [0.2, 0.25) is 0 Å². The molecule has 0 aromatic carbocycles. The summed E-state index contributed by atoms with van der Waals surface area (Å²) >= 11 is 0. The number of piperazine rings is 1. The molecule has 0 aliphatic carbocycles. The smallest absolute Gasteiger partial charge is 0.122 e. The highest BCUT2D eigenvalue weighted by molar-refractivity contribution is 5.03. The van der Waals surface area contributed by atoms with Crippen LogP contribution in [0.25, 0.3) is 0 Å². The molecule has 5 heteroatoms. The van der Waals surface area contributed by atoms with Crippen molar-refractivity contribution < 1.29 is 0 Å². The molecular formula is C16H23N5. The van der Waals surface area contributed by atoms with Gasteiger partial charge in [-0.05, 0) is 19.1 Å². The Hall–Kier alpha value is -1.72. The summed E-state index contributed by atoms with van der Waals surface area (Å²) in [5, 5.41) is 0. The van der Waals surface area contributed by atoms with E-state index in [1.54, 1.807) is 0 Å². The summed E-state index contributed by atoms with van der Waals surface area (Å²) < 4.78 is 2.10. The summed E-state index contributed by atoms with van der Waals surface area (Å²) in [6.45, 7) is 7.43. The zero-order valence-corrected chi connectivity index (χ0v) is 12.8. The molecule has 0 radical (unpaired) electrons. The van der Waals surface area contributed by atoms with Gasteiger partial charge in [-0.15, -0.1) is 0 Å². The zero-order valence-electron chi connectivity index (χ0n) is 12.8. The van der Waals surface area contributed by atoms with Crippen molar-refractivity contribution in [3.63, 3.8) is 0 Å². The van der Waals surface area contributed by atoms with Gasteiger partial charge in [0.15, 0.2) is 0 Å². The van der Waals surface area contributed by atoms with Crippen LogP contribution >= 0.6 is 0 Å². The maximum Gasteiger partial charge on any atom is 0.122 e. The van der Waals surface area contributed by atoms with Crippen molar-refractivity contribution in [3.8, 4) is 0 Å². The lowest BCUT2D eigenvalue weighted by molar-refractivity contribution is 0.0700. The van der Waals surface area contributed by atoms with E-state index in [4.69, 9.17) is 0 Å². The number of rotatable bonds is 4. The van der Waals surface area contributed by atoms with E-state index in [0.29, 0.717) is 6.04 Å². The molecule has 0 saturated carbocycles. The number of aromatic nitrogens is 3. The molecule has 0 N–H and O–H groups in total. The summed E-state index contributed by atoms with van der Waals surface area (Å²) in [4.78, 5) is 13.8. The van der Waals surface area contributed by atoms with Crippen molar-refractivity contribution in [1.82, 2.24) is 24.3 Å². The van der Waals surface area contributed by atoms with Gasteiger partial charge in [-0.1, -0.05) is 6.07 Å². The van der Waals surface area contributed by atoms with Crippen LogP contribution in [0.5, 0.6) is 0 Å². The minimum atomic E-state index is 0.541. The lowest BCUT2D eigenvalue weighted by atomic mass is 10.1. The predicted molar refractivity (Wildman–Crippen MR) is 82.6 cm³/mol. The first-order chi connectivity index (χ1) is 10.2. The highest BCUT2D eigenvalue weighted by Crippen LogP contribution is 2.14. The van der Waals surface area contributed by atoms with Crippen molar-refractivity contribution in [2.24, 2.45) is 7.05 Å². The topological polar surface area (TPSA) is 37.2 Å². The minimum Gasteiger partial charge on any atom is -0.337 e. The maximum absolute atomic E-state index is 4.43. The van der Waals surface area contributed by atoms with Crippen LogP contribution in [0.3, 0.4) is 0 Å². The maximum atomic E-state index is 4.43. The van der Waals surface area contributed by atoms with Crippen molar-refractivity contribution in [3.05, 3.63) is 48.3 Å². The highest BCUT2D eigenvalue weighted by atomic mass is 15.3. The van der Waals surface area contributed by atoms with Gasteiger partial charge < -0.3 is 4.57 Å². The van der Waals surface area contributed by atoms with Gasteiger partial charge in [-0.2, -0.15) is 0 Å². The van der Waals surface area contributed by atoms with E-state index in [1.165, 1.54) is 0 Å². The molecule has 3 rings (SSSR count). The lowest BCUT2D eigenvalue weighted by Gasteiger charge is -2.39. The Balaban J connectivity index is 1.56. The van der Waals surface area contributed by atoms with Gasteiger partial charge in [0.2, 0.25) is 0 Å². The largest absolute Gasteiger partial charge is 0.337 e. The van der Waals surface area contributed by atoms with Crippen LogP contribution in [-0.2, 0) is 20.1 Å². The van der Waals surface area contributed by atoms with Crippen LogP contribution in [0.1, 0.15) is 18.4 Å². The average Bonchev–Trinajstić information content (AvgIpc) is 2.88. The van der Waals surface area contributed by atoms with Crippen molar-refractivity contribution in [2.75, 3.05) is 19.6 Å². The predicted octanol–water partition coefficient (Wildman–Crippen LogP) is 1.52. The third-order valence-corrected chi connectivity index (χ3v) is 4.23. The van der Waals surface area contributed by atoms with Crippen LogP contribution in [0.15, 0.2) is 36.8 Å². The normalized spacial score (nSPS) is 20.8. The van der Waals surface area contributed by atoms with E-state index in [2.05, 4.69) is 50.4 Å². The van der Waals surface area contributed by atoms with Crippen LogP contribution in [0, 0.1) is 0 Å². The van der Waals surface area contributed by atoms with Gasteiger partial charge in [0, 0.05) is 57.9 Å². The van der Waals surface area contributed by atoms with E-state index in [0.717, 1.165) is 44.2 Å². The summed E-state index contributed by atoms with van der Waals surface area (Å²) in [6, 6.07) is 6.67. The zero-order chi connectivity index (χ0) is 14.7. The molecule has 3 heterocycles. The second kappa shape index (κ2) is 6.37. The average molecular weight is 285 g/mol. The van der Waals surface area contributed by atoms with Crippen LogP contribution in [0.4, 0.5) is 0 Å². The SMILES string of the molecule is C[C@H]1CN(Cc2ccccn2)CCN1Cc1nccn1C. The summed E-state index contributed by atoms with van der Waals surface area (Å²) in [6.07, 6.45) is 5.75. The fourth-order valence-corrected chi connectivity index (χ4v) is 2.90. The van der Waals surface area contributed by atoms with Gasteiger partial charge in [0.25, 0.3) is 0 Å². The molecule has 21 heavy (non-hydrogen) atoms. The Labute approximate surface area is 126 Å². The monoisotopic (exact) mass is 285 g/mol. The summed E-state index contributed by atoms with van der Waals surface area (Å²) in [5.41, 5.74) is 1.15. The molecule has 0 unspecified atom stereocenters. The molecule has 0 amide bonds. The first-order valence-electron chi connectivity index (χ1n) is 7.55. The number of hydrogen-bond donors (Lipinski definition) is 0. The molecule has 0 bridgehead atoms. The Bertz CT molecular complexity index is 565. The van der Waals surface area contributed by atoms with Gasteiger partial charge in [-0.25, -0.2) is 4.98 Å². The molecule has 1 aliphatic heterocycles. The number of pyridine rings is 1. The molecule has 1 saturated heterocycles.